The molecule has 0 spiro atoms. The normalized spacial score (nSPS) is 10.4. The molecular formula is C18H17N5O2. The maximum atomic E-state index is 12.5. The van der Waals surface area contributed by atoms with E-state index in [0.717, 1.165) is 11.4 Å². The lowest BCUT2D eigenvalue weighted by Crippen LogP contribution is -2.26. The molecule has 0 aliphatic rings. The van der Waals surface area contributed by atoms with E-state index in [1.807, 2.05) is 26.0 Å². The van der Waals surface area contributed by atoms with Crippen molar-refractivity contribution in [1.29, 1.82) is 0 Å². The first kappa shape index (κ1) is 16.5. The topological polar surface area (TPSA) is 81.1 Å². The molecule has 0 fully saturated rings. The third-order valence-electron chi connectivity index (χ3n) is 3.48. The summed E-state index contributed by atoms with van der Waals surface area (Å²) in [4.78, 5) is 30.6. The number of hydrogen-bond donors (Lipinski definition) is 0. The van der Waals surface area contributed by atoms with Crippen molar-refractivity contribution in [1.82, 2.24) is 19.9 Å². The summed E-state index contributed by atoms with van der Waals surface area (Å²) in [7, 11) is 1.69. The van der Waals surface area contributed by atoms with Gasteiger partial charge in [0.1, 0.15) is 0 Å². The number of pyridine rings is 2. The van der Waals surface area contributed by atoms with Crippen LogP contribution in [0.15, 0.2) is 48.9 Å². The van der Waals surface area contributed by atoms with Gasteiger partial charge in [0.2, 0.25) is 5.88 Å². The van der Waals surface area contributed by atoms with Crippen LogP contribution in [0.25, 0.3) is 0 Å². The Bertz CT molecular complexity index is 861. The number of amides is 1. The van der Waals surface area contributed by atoms with Crippen LogP contribution in [0.2, 0.25) is 0 Å². The Kier molecular flexibility index (Phi) is 4.65. The molecule has 0 aliphatic heterocycles. The van der Waals surface area contributed by atoms with Crippen LogP contribution < -0.4 is 9.64 Å². The molecule has 0 N–H and O–H groups in total. The van der Waals surface area contributed by atoms with E-state index in [-0.39, 0.29) is 11.9 Å². The van der Waals surface area contributed by atoms with E-state index in [2.05, 4.69) is 19.9 Å². The second kappa shape index (κ2) is 7.04. The monoisotopic (exact) mass is 335 g/mol. The Morgan fingerprint density at radius 3 is 2.44 bits per heavy atom. The van der Waals surface area contributed by atoms with Crippen molar-refractivity contribution in [2.24, 2.45) is 0 Å². The minimum atomic E-state index is -0.185. The number of nitrogens with zero attached hydrogens (tertiary/aromatic N) is 5. The van der Waals surface area contributed by atoms with Crippen molar-refractivity contribution in [3.8, 4) is 11.9 Å². The number of ether oxygens (including phenoxy) is 1. The van der Waals surface area contributed by atoms with Gasteiger partial charge in [-0.05, 0) is 38.1 Å². The van der Waals surface area contributed by atoms with Gasteiger partial charge in [0.15, 0.2) is 0 Å². The fourth-order valence-electron chi connectivity index (χ4n) is 2.26. The van der Waals surface area contributed by atoms with Gasteiger partial charge in [-0.2, -0.15) is 0 Å². The van der Waals surface area contributed by atoms with Crippen LogP contribution in [0.3, 0.4) is 0 Å². The molecule has 0 radical (unpaired) electrons. The number of aryl methyl sites for hydroxylation is 2. The molecule has 1 amide bonds. The van der Waals surface area contributed by atoms with Crippen molar-refractivity contribution >= 4 is 11.6 Å². The lowest BCUT2D eigenvalue weighted by Gasteiger charge is -2.16. The maximum Gasteiger partial charge on any atom is 0.323 e. The summed E-state index contributed by atoms with van der Waals surface area (Å²) in [6, 6.07) is 8.95. The highest BCUT2D eigenvalue weighted by Gasteiger charge is 2.14. The van der Waals surface area contributed by atoms with Crippen LogP contribution in [-0.2, 0) is 0 Å². The number of hydrogen-bond acceptors (Lipinski definition) is 6. The van der Waals surface area contributed by atoms with Crippen molar-refractivity contribution in [2.75, 3.05) is 11.9 Å². The number of rotatable bonds is 4. The van der Waals surface area contributed by atoms with E-state index in [4.69, 9.17) is 4.74 Å². The van der Waals surface area contributed by atoms with Crippen molar-refractivity contribution in [2.45, 2.75) is 13.8 Å². The minimum absolute atomic E-state index is 0.185. The first-order valence-electron chi connectivity index (χ1n) is 7.67. The molecule has 7 heteroatoms. The Labute approximate surface area is 145 Å². The maximum absolute atomic E-state index is 12.5. The molecule has 3 rings (SSSR count). The number of carbonyl (C=O) groups is 1. The summed E-state index contributed by atoms with van der Waals surface area (Å²) in [5, 5.41) is 0. The number of aromatic nitrogens is 4. The zero-order valence-electron chi connectivity index (χ0n) is 14.2. The molecule has 3 aromatic rings. The summed E-state index contributed by atoms with van der Waals surface area (Å²) in [5.74, 6) is 0.139. The van der Waals surface area contributed by atoms with Crippen LogP contribution in [0.5, 0.6) is 11.9 Å². The minimum Gasteiger partial charge on any atom is -0.405 e. The third kappa shape index (κ3) is 3.95. The van der Waals surface area contributed by atoms with E-state index < -0.39 is 0 Å². The standard InChI is InChI=1S/C18H17N5O2/c1-12-9-13(2)22-18(21-12)25-16-7-6-14(10-20-16)17(24)23(3)15-5-4-8-19-11-15/h4-11H,1-3H3. The molecule has 3 aromatic heterocycles. The Hall–Kier alpha value is -3.35. The van der Waals surface area contributed by atoms with Crippen LogP contribution in [0.4, 0.5) is 5.69 Å². The third-order valence-corrected chi connectivity index (χ3v) is 3.48. The van der Waals surface area contributed by atoms with Gasteiger partial charge in [-0.25, -0.2) is 15.0 Å². The molecule has 0 unspecified atom stereocenters. The largest absolute Gasteiger partial charge is 0.405 e. The molecule has 0 saturated carbocycles. The predicted octanol–water partition coefficient (Wildman–Crippen LogP) is 2.95. The highest BCUT2D eigenvalue weighted by atomic mass is 16.5. The van der Waals surface area contributed by atoms with Crippen LogP contribution in [-0.4, -0.2) is 32.9 Å². The smallest absolute Gasteiger partial charge is 0.323 e. The quantitative estimate of drug-likeness (QED) is 0.729. The molecule has 0 bridgehead atoms. The van der Waals surface area contributed by atoms with Crippen LogP contribution >= 0.6 is 0 Å². The van der Waals surface area contributed by atoms with Gasteiger partial charge in [0.05, 0.1) is 17.4 Å². The highest BCUT2D eigenvalue weighted by molar-refractivity contribution is 6.05. The molecule has 0 atom stereocenters. The first-order valence-corrected chi connectivity index (χ1v) is 7.67. The van der Waals surface area contributed by atoms with E-state index in [1.54, 1.807) is 37.6 Å². The Morgan fingerprint density at radius 1 is 1.08 bits per heavy atom. The van der Waals surface area contributed by atoms with Crippen molar-refractivity contribution < 1.29 is 9.53 Å². The van der Waals surface area contributed by atoms with E-state index in [9.17, 15) is 4.79 Å². The molecule has 0 saturated heterocycles. The van der Waals surface area contributed by atoms with Gasteiger partial charge in [0, 0.05) is 36.9 Å². The van der Waals surface area contributed by atoms with Gasteiger partial charge in [-0.15, -0.1) is 0 Å². The van der Waals surface area contributed by atoms with Gasteiger partial charge in [-0.3, -0.25) is 9.78 Å². The van der Waals surface area contributed by atoms with Gasteiger partial charge in [0.25, 0.3) is 5.91 Å². The molecule has 7 nitrogen and oxygen atoms in total. The SMILES string of the molecule is Cc1cc(C)nc(Oc2ccc(C(=O)N(C)c3cccnc3)cn2)n1. The van der Waals surface area contributed by atoms with Gasteiger partial charge < -0.3 is 9.64 Å². The summed E-state index contributed by atoms with van der Waals surface area (Å²) in [6.07, 6.45) is 4.75. The molecule has 3 heterocycles. The lowest BCUT2D eigenvalue weighted by atomic mass is 10.2. The average molecular weight is 335 g/mol. The Balaban J connectivity index is 1.74. The molecule has 0 aromatic carbocycles. The summed E-state index contributed by atoms with van der Waals surface area (Å²) in [6.45, 7) is 3.73. The summed E-state index contributed by atoms with van der Waals surface area (Å²) >= 11 is 0. The second-order valence-electron chi connectivity index (χ2n) is 5.50. The molecule has 25 heavy (non-hydrogen) atoms. The van der Waals surface area contributed by atoms with Crippen molar-refractivity contribution in [3.63, 3.8) is 0 Å². The predicted molar refractivity (Wildman–Crippen MR) is 92.8 cm³/mol. The first-order chi connectivity index (χ1) is 12.0. The van der Waals surface area contributed by atoms with Crippen LogP contribution in [0.1, 0.15) is 21.7 Å². The average Bonchev–Trinajstić information content (AvgIpc) is 2.61. The van der Waals surface area contributed by atoms with E-state index in [0.29, 0.717) is 17.1 Å². The molecule has 0 aliphatic carbocycles. The Morgan fingerprint density at radius 2 is 1.84 bits per heavy atom. The molecule has 126 valence electrons. The second-order valence-corrected chi connectivity index (χ2v) is 5.50. The van der Waals surface area contributed by atoms with E-state index >= 15 is 0 Å². The van der Waals surface area contributed by atoms with Crippen molar-refractivity contribution in [3.05, 3.63) is 65.9 Å². The van der Waals surface area contributed by atoms with Gasteiger partial charge >= 0.3 is 6.01 Å². The van der Waals surface area contributed by atoms with E-state index in [1.165, 1.54) is 11.1 Å². The van der Waals surface area contributed by atoms with Gasteiger partial charge in [-0.1, -0.05) is 0 Å². The number of anilines is 1. The lowest BCUT2D eigenvalue weighted by molar-refractivity contribution is 0.0992. The fraction of sp³-hybridized carbons (Fsp3) is 0.167. The summed E-state index contributed by atoms with van der Waals surface area (Å²) in [5.41, 5.74) is 2.77. The number of carbonyl (C=O) groups excluding carboxylic acids is 1. The molecular weight excluding hydrogens is 318 g/mol. The van der Waals surface area contributed by atoms with Crippen LogP contribution in [0, 0.1) is 13.8 Å². The zero-order chi connectivity index (χ0) is 17.8. The fourth-order valence-corrected chi connectivity index (χ4v) is 2.26. The zero-order valence-corrected chi connectivity index (χ0v) is 14.2. The summed E-state index contributed by atoms with van der Waals surface area (Å²) < 4.78 is 5.55. The highest BCUT2D eigenvalue weighted by Crippen LogP contribution is 2.18.